The maximum Gasteiger partial charge on any atom is 0.336 e. The number of nitrogens with one attached hydrogen (secondary N) is 1. The van der Waals surface area contributed by atoms with Crippen molar-refractivity contribution in [1.82, 2.24) is 5.32 Å². The van der Waals surface area contributed by atoms with E-state index in [1.54, 1.807) is 21.0 Å². The van der Waals surface area contributed by atoms with E-state index in [1.165, 1.54) is 0 Å². The number of dihydropyridines is 1. The summed E-state index contributed by atoms with van der Waals surface area (Å²) in [5, 5.41) is 3.31. The lowest BCUT2D eigenvalue weighted by Crippen LogP contribution is -2.43. The van der Waals surface area contributed by atoms with Gasteiger partial charge in [0.25, 0.3) is 0 Å². The second-order valence-corrected chi connectivity index (χ2v) is 9.86. The minimum atomic E-state index is -1.07. The molecule has 0 saturated heterocycles. The number of benzene rings is 2. The lowest BCUT2D eigenvalue weighted by atomic mass is 9.67. The Kier molecular flexibility index (Phi) is 8.17. The molecule has 0 bridgehead atoms. The second kappa shape index (κ2) is 11.3. The minimum absolute atomic E-state index is 0.153. The summed E-state index contributed by atoms with van der Waals surface area (Å²) in [6, 6.07) is 14.9. The quantitative estimate of drug-likeness (QED) is 0.364. The van der Waals surface area contributed by atoms with Gasteiger partial charge in [-0.1, -0.05) is 40.2 Å². The van der Waals surface area contributed by atoms with Crippen molar-refractivity contribution in [3.8, 4) is 5.75 Å². The molecule has 2 aromatic carbocycles. The van der Waals surface area contributed by atoms with E-state index >= 15 is 0 Å². The normalized spacial score (nSPS) is 21.2. The highest BCUT2D eigenvalue weighted by Gasteiger charge is 2.49. The van der Waals surface area contributed by atoms with Crippen LogP contribution < -0.4 is 10.1 Å². The molecule has 4 rings (SSSR count). The van der Waals surface area contributed by atoms with Crippen molar-refractivity contribution in [3.05, 3.63) is 86.7 Å². The van der Waals surface area contributed by atoms with Crippen molar-refractivity contribution >= 4 is 33.7 Å². The number of hydrogen-bond acceptors (Lipinski definition) is 7. The first-order chi connectivity index (χ1) is 17.8. The van der Waals surface area contributed by atoms with Gasteiger partial charge in [-0.15, -0.1) is 0 Å². The number of carbonyl (C=O) groups excluding carboxylic acids is 3. The third-order valence-electron chi connectivity index (χ3n) is 6.76. The molecule has 1 aliphatic heterocycles. The Hall–Kier alpha value is -3.39. The van der Waals surface area contributed by atoms with Crippen LogP contribution in [-0.4, -0.2) is 38.0 Å². The highest BCUT2D eigenvalue weighted by atomic mass is 79.9. The lowest BCUT2D eigenvalue weighted by Gasteiger charge is -2.39. The summed E-state index contributed by atoms with van der Waals surface area (Å²) < 4.78 is 17.0. The number of esters is 2. The van der Waals surface area contributed by atoms with Gasteiger partial charge in [-0.3, -0.25) is 9.59 Å². The van der Waals surface area contributed by atoms with Crippen LogP contribution in [0.3, 0.4) is 0 Å². The van der Waals surface area contributed by atoms with Gasteiger partial charge in [0.15, 0.2) is 5.78 Å². The van der Waals surface area contributed by atoms with Crippen molar-refractivity contribution in [2.45, 2.75) is 39.0 Å². The monoisotopic (exact) mass is 567 g/mol. The van der Waals surface area contributed by atoms with E-state index < -0.39 is 29.7 Å². The average molecular weight is 568 g/mol. The van der Waals surface area contributed by atoms with Gasteiger partial charge in [0, 0.05) is 33.3 Å². The molecule has 1 N–H and O–H groups in total. The molecular formula is C29H30BrNO6. The Morgan fingerprint density at radius 2 is 1.73 bits per heavy atom. The first-order valence-corrected chi connectivity index (χ1v) is 13.1. The molecule has 1 aliphatic carbocycles. The fourth-order valence-electron chi connectivity index (χ4n) is 5.22. The molecule has 0 unspecified atom stereocenters. The number of carbonyl (C=O) groups is 3. The van der Waals surface area contributed by atoms with Crippen LogP contribution in [0.5, 0.6) is 5.75 Å². The van der Waals surface area contributed by atoms with Crippen LogP contribution in [0.15, 0.2) is 75.5 Å². The van der Waals surface area contributed by atoms with E-state index in [0.29, 0.717) is 34.7 Å². The van der Waals surface area contributed by atoms with E-state index in [-0.39, 0.29) is 19.0 Å². The van der Waals surface area contributed by atoms with Crippen molar-refractivity contribution in [2.75, 3.05) is 20.3 Å². The molecule has 0 aromatic heterocycles. The van der Waals surface area contributed by atoms with Crippen LogP contribution in [-0.2, 0) is 23.9 Å². The van der Waals surface area contributed by atoms with Gasteiger partial charge < -0.3 is 19.5 Å². The highest BCUT2D eigenvalue weighted by Crippen LogP contribution is 2.48. The van der Waals surface area contributed by atoms with Crippen molar-refractivity contribution in [2.24, 2.45) is 5.92 Å². The van der Waals surface area contributed by atoms with Crippen molar-refractivity contribution in [3.63, 3.8) is 0 Å². The largest absolute Gasteiger partial charge is 0.497 e. The molecule has 2 aromatic rings. The van der Waals surface area contributed by atoms with Crippen LogP contribution in [0, 0.1) is 5.92 Å². The van der Waals surface area contributed by atoms with Crippen molar-refractivity contribution < 1.29 is 28.6 Å². The van der Waals surface area contributed by atoms with Crippen LogP contribution >= 0.6 is 15.9 Å². The Morgan fingerprint density at radius 1 is 1.03 bits per heavy atom. The SMILES string of the molecule is CCOC(=O)C1=C(C)NC2=C(C(=O)[C@@H](C(=O)OCC)[C@H](c3cccc(OC)c3)C2)[C@@H]1c1cccc(Br)c1. The van der Waals surface area contributed by atoms with Crippen LogP contribution in [0.1, 0.15) is 50.2 Å². The van der Waals surface area contributed by atoms with Gasteiger partial charge in [-0.2, -0.15) is 0 Å². The molecule has 3 atom stereocenters. The number of rotatable bonds is 7. The number of ketones is 1. The number of halogens is 1. The van der Waals surface area contributed by atoms with Crippen molar-refractivity contribution in [1.29, 1.82) is 0 Å². The lowest BCUT2D eigenvalue weighted by molar-refractivity contribution is -0.152. The number of Topliss-reactive ketones (excluding diaryl/α,β-unsaturated/α-hetero) is 1. The summed E-state index contributed by atoms with van der Waals surface area (Å²) in [4.78, 5) is 40.7. The predicted octanol–water partition coefficient (Wildman–Crippen LogP) is 5.17. The van der Waals surface area contributed by atoms with E-state index in [2.05, 4.69) is 21.2 Å². The topological polar surface area (TPSA) is 90.9 Å². The number of methoxy groups -OCH3 is 1. The summed E-state index contributed by atoms with van der Waals surface area (Å²) in [6.45, 7) is 5.62. The Labute approximate surface area is 225 Å². The molecule has 0 radical (unpaired) electrons. The molecule has 37 heavy (non-hydrogen) atoms. The zero-order chi connectivity index (χ0) is 26.7. The van der Waals surface area contributed by atoms with E-state index in [4.69, 9.17) is 14.2 Å². The van der Waals surface area contributed by atoms with E-state index in [1.807, 2.05) is 55.5 Å². The summed E-state index contributed by atoms with van der Waals surface area (Å²) in [7, 11) is 1.57. The van der Waals surface area contributed by atoms with Crippen LogP contribution in [0.25, 0.3) is 0 Å². The maximum absolute atomic E-state index is 14.3. The molecule has 7 nitrogen and oxygen atoms in total. The summed E-state index contributed by atoms with van der Waals surface area (Å²) in [6.07, 6.45) is 0.385. The number of allylic oxidation sites excluding steroid dienone is 3. The summed E-state index contributed by atoms with van der Waals surface area (Å²) in [5.41, 5.74) is 3.61. The maximum atomic E-state index is 14.3. The highest BCUT2D eigenvalue weighted by molar-refractivity contribution is 9.10. The third-order valence-corrected chi connectivity index (χ3v) is 7.25. The fraction of sp³-hybridized carbons (Fsp3) is 0.345. The molecule has 0 amide bonds. The molecule has 0 saturated carbocycles. The zero-order valence-corrected chi connectivity index (χ0v) is 22.9. The minimum Gasteiger partial charge on any atom is -0.497 e. The third kappa shape index (κ3) is 5.21. The standard InChI is InChI=1S/C29H30BrNO6/c1-5-36-28(33)23-16(3)31-22-15-21(17-9-8-12-20(14-17)35-4)25(29(34)37-6-2)27(32)26(22)24(23)18-10-7-11-19(30)13-18/h7-14,21,24-25,31H,5-6,15H2,1-4H3/t21-,24+,25-/m0/s1. The Morgan fingerprint density at radius 3 is 2.41 bits per heavy atom. The van der Waals surface area contributed by atoms with Gasteiger partial charge in [0.05, 0.1) is 25.9 Å². The van der Waals surface area contributed by atoms with E-state index in [0.717, 1.165) is 15.6 Å². The van der Waals surface area contributed by atoms with Gasteiger partial charge in [0.2, 0.25) is 0 Å². The number of ether oxygens (including phenoxy) is 3. The summed E-state index contributed by atoms with van der Waals surface area (Å²) in [5.74, 6) is -3.03. The van der Waals surface area contributed by atoms with Gasteiger partial charge >= 0.3 is 11.9 Å². The Bertz CT molecular complexity index is 1300. The molecule has 8 heteroatoms. The second-order valence-electron chi connectivity index (χ2n) is 8.95. The molecule has 0 spiro atoms. The first kappa shape index (κ1) is 26.7. The molecule has 0 fully saturated rings. The van der Waals surface area contributed by atoms with E-state index in [9.17, 15) is 14.4 Å². The zero-order valence-electron chi connectivity index (χ0n) is 21.3. The first-order valence-electron chi connectivity index (χ1n) is 12.3. The Balaban J connectivity index is 1.90. The van der Waals surface area contributed by atoms with Crippen LogP contribution in [0.4, 0.5) is 0 Å². The van der Waals surface area contributed by atoms with Gasteiger partial charge in [-0.25, -0.2) is 4.79 Å². The molecular weight excluding hydrogens is 538 g/mol. The predicted molar refractivity (Wildman–Crippen MR) is 142 cm³/mol. The molecule has 1 heterocycles. The molecule has 194 valence electrons. The van der Waals surface area contributed by atoms with Gasteiger partial charge in [0.1, 0.15) is 11.7 Å². The average Bonchev–Trinajstić information content (AvgIpc) is 2.88. The number of hydrogen-bond donors (Lipinski definition) is 1. The van der Waals surface area contributed by atoms with Gasteiger partial charge in [-0.05, 0) is 62.6 Å². The molecule has 2 aliphatic rings. The fourth-order valence-corrected chi connectivity index (χ4v) is 5.64. The summed E-state index contributed by atoms with van der Waals surface area (Å²) >= 11 is 3.51. The smallest absolute Gasteiger partial charge is 0.336 e. The van der Waals surface area contributed by atoms with Crippen LogP contribution in [0.2, 0.25) is 0 Å².